The Hall–Kier alpha value is -2.34. The Labute approximate surface area is 106 Å². The molecule has 3 nitrogen and oxygen atoms in total. The molecule has 18 heavy (non-hydrogen) atoms. The van der Waals surface area contributed by atoms with Crippen molar-refractivity contribution in [3.63, 3.8) is 0 Å². The van der Waals surface area contributed by atoms with Gasteiger partial charge in [-0.2, -0.15) is 5.26 Å². The highest BCUT2D eigenvalue weighted by molar-refractivity contribution is 5.64. The number of nitrogens with one attached hydrogen (secondary N) is 1. The number of rotatable bonds is 2. The summed E-state index contributed by atoms with van der Waals surface area (Å²) in [6, 6.07) is 11.2. The molecule has 0 fully saturated rings. The number of nitrogens with zero attached hydrogens (tertiary/aromatic N) is 1. The van der Waals surface area contributed by atoms with Crippen LogP contribution < -0.4 is 5.56 Å². The second-order valence-electron chi connectivity index (χ2n) is 4.22. The van der Waals surface area contributed by atoms with E-state index >= 15 is 0 Å². The molecule has 0 radical (unpaired) electrons. The predicted octanol–water partition coefficient (Wildman–Crippen LogP) is 2.78. The second kappa shape index (κ2) is 4.89. The number of benzene rings is 1. The maximum Gasteiger partial charge on any atom is 0.251 e. The van der Waals surface area contributed by atoms with E-state index < -0.39 is 0 Å². The van der Waals surface area contributed by atoms with Gasteiger partial charge in [-0.15, -0.1) is 0 Å². The van der Waals surface area contributed by atoms with Gasteiger partial charge in [0, 0.05) is 5.56 Å². The first-order valence-electron chi connectivity index (χ1n) is 5.89. The van der Waals surface area contributed by atoms with Crippen LogP contribution >= 0.6 is 0 Å². The van der Waals surface area contributed by atoms with E-state index in [0.717, 1.165) is 28.8 Å². The number of hydrogen-bond donors (Lipinski definition) is 1. The quantitative estimate of drug-likeness (QED) is 0.874. The maximum absolute atomic E-state index is 11.7. The van der Waals surface area contributed by atoms with E-state index in [1.54, 1.807) is 19.1 Å². The van der Waals surface area contributed by atoms with Crippen molar-refractivity contribution in [1.82, 2.24) is 4.98 Å². The maximum atomic E-state index is 11.7. The van der Waals surface area contributed by atoms with Crippen molar-refractivity contribution in [2.24, 2.45) is 0 Å². The number of aromatic amines is 1. The second-order valence-corrected chi connectivity index (χ2v) is 4.22. The van der Waals surface area contributed by atoms with Gasteiger partial charge < -0.3 is 4.98 Å². The predicted molar refractivity (Wildman–Crippen MR) is 71.3 cm³/mol. The molecule has 0 saturated heterocycles. The molecule has 0 aliphatic rings. The summed E-state index contributed by atoms with van der Waals surface area (Å²) in [7, 11) is 0. The molecule has 0 aliphatic carbocycles. The number of aromatic nitrogens is 1. The summed E-state index contributed by atoms with van der Waals surface area (Å²) in [5, 5.41) is 8.77. The molecule has 0 unspecified atom stereocenters. The van der Waals surface area contributed by atoms with Crippen molar-refractivity contribution in [1.29, 1.82) is 5.26 Å². The molecule has 1 aromatic carbocycles. The Morgan fingerprint density at radius 3 is 2.50 bits per heavy atom. The smallest absolute Gasteiger partial charge is 0.251 e. The Kier molecular flexibility index (Phi) is 3.29. The molecular weight excluding hydrogens is 224 g/mol. The number of aryl methyl sites for hydroxylation is 2. The van der Waals surface area contributed by atoms with Crippen molar-refractivity contribution in [2.45, 2.75) is 20.3 Å². The van der Waals surface area contributed by atoms with Crippen LogP contribution in [-0.4, -0.2) is 4.98 Å². The molecule has 0 spiro atoms. The lowest BCUT2D eigenvalue weighted by atomic mass is 10.0. The molecule has 0 atom stereocenters. The number of hydrogen-bond acceptors (Lipinski definition) is 2. The third kappa shape index (κ3) is 2.18. The summed E-state index contributed by atoms with van der Waals surface area (Å²) in [6.45, 7) is 3.86. The number of pyridine rings is 1. The van der Waals surface area contributed by atoms with Crippen LogP contribution in [-0.2, 0) is 6.42 Å². The van der Waals surface area contributed by atoms with E-state index in [-0.39, 0.29) is 5.56 Å². The molecule has 3 heteroatoms. The summed E-state index contributed by atoms with van der Waals surface area (Å²) < 4.78 is 0. The summed E-state index contributed by atoms with van der Waals surface area (Å²) in [4.78, 5) is 14.6. The van der Waals surface area contributed by atoms with Crippen molar-refractivity contribution >= 4 is 0 Å². The van der Waals surface area contributed by atoms with Crippen LogP contribution in [0, 0.1) is 18.3 Å². The molecule has 0 bridgehead atoms. The Morgan fingerprint density at radius 2 is 1.94 bits per heavy atom. The molecule has 1 N–H and O–H groups in total. The monoisotopic (exact) mass is 238 g/mol. The van der Waals surface area contributed by atoms with Crippen LogP contribution in [0.5, 0.6) is 0 Å². The standard InChI is InChI=1S/C15H14N2O/c1-3-12-8-10(2)15(18)17-14(12)13-6-4-11(9-16)5-7-13/h4-8H,3H2,1-2H3,(H,17,18). The molecule has 1 heterocycles. The van der Waals surface area contributed by atoms with Crippen molar-refractivity contribution < 1.29 is 0 Å². The van der Waals surface area contributed by atoms with Gasteiger partial charge in [0.2, 0.25) is 0 Å². The highest BCUT2D eigenvalue weighted by Gasteiger charge is 2.07. The lowest BCUT2D eigenvalue weighted by Gasteiger charge is -2.09. The van der Waals surface area contributed by atoms with E-state index in [0.29, 0.717) is 5.56 Å². The molecule has 1 aromatic heterocycles. The van der Waals surface area contributed by atoms with Gasteiger partial charge in [0.25, 0.3) is 5.56 Å². The fraction of sp³-hybridized carbons (Fsp3) is 0.200. The zero-order chi connectivity index (χ0) is 13.1. The van der Waals surface area contributed by atoms with E-state index in [2.05, 4.69) is 18.0 Å². The van der Waals surface area contributed by atoms with Gasteiger partial charge in [-0.3, -0.25) is 4.79 Å². The zero-order valence-corrected chi connectivity index (χ0v) is 10.4. The first kappa shape index (κ1) is 12.1. The lowest BCUT2D eigenvalue weighted by Crippen LogP contribution is -2.12. The van der Waals surface area contributed by atoms with Gasteiger partial charge in [-0.1, -0.05) is 19.1 Å². The van der Waals surface area contributed by atoms with Crippen LogP contribution in [0.1, 0.15) is 23.6 Å². The molecule has 2 aromatic rings. The van der Waals surface area contributed by atoms with E-state index in [9.17, 15) is 4.79 Å². The third-order valence-electron chi connectivity index (χ3n) is 2.99. The van der Waals surface area contributed by atoms with Crippen LogP contribution in [0.2, 0.25) is 0 Å². The molecule has 2 rings (SSSR count). The summed E-state index contributed by atoms with van der Waals surface area (Å²) in [5.41, 5.74) is 4.17. The SMILES string of the molecule is CCc1cc(C)c(=O)[nH]c1-c1ccc(C#N)cc1. The molecule has 0 amide bonds. The van der Waals surface area contributed by atoms with Crippen LogP contribution in [0.25, 0.3) is 11.3 Å². The minimum absolute atomic E-state index is 0.0634. The topological polar surface area (TPSA) is 56.6 Å². The van der Waals surface area contributed by atoms with Gasteiger partial charge in [-0.05, 0) is 42.7 Å². The Balaban J connectivity index is 2.59. The lowest BCUT2D eigenvalue weighted by molar-refractivity contribution is 1.07. The van der Waals surface area contributed by atoms with Gasteiger partial charge in [-0.25, -0.2) is 0 Å². The summed E-state index contributed by atoms with van der Waals surface area (Å²) in [6.07, 6.45) is 0.854. The van der Waals surface area contributed by atoms with E-state index in [1.165, 1.54) is 0 Å². The molecule has 90 valence electrons. The van der Waals surface area contributed by atoms with Gasteiger partial charge in [0.05, 0.1) is 17.3 Å². The molecule has 0 saturated carbocycles. The normalized spacial score (nSPS) is 10.1. The minimum Gasteiger partial charge on any atom is -0.321 e. The van der Waals surface area contributed by atoms with Crippen LogP contribution in [0.15, 0.2) is 35.1 Å². The largest absolute Gasteiger partial charge is 0.321 e. The van der Waals surface area contributed by atoms with Gasteiger partial charge in [0.1, 0.15) is 0 Å². The van der Waals surface area contributed by atoms with Gasteiger partial charge in [0.15, 0.2) is 0 Å². The summed E-state index contributed by atoms with van der Waals surface area (Å²) >= 11 is 0. The van der Waals surface area contributed by atoms with Crippen LogP contribution in [0.3, 0.4) is 0 Å². The van der Waals surface area contributed by atoms with Crippen molar-refractivity contribution in [3.8, 4) is 17.3 Å². The van der Waals surface area contributed by atoms with Gasteiger partial charge >= 0.3 is 0 Å². The Morgan fingerprint density at radius 1 is 1.28 bits per heavy atom. The third-order valence-corrected chi connectivity index (χ3v) is 2.99. The zero-order valence-electron chi connectivity index (χ0n) is 10.4. The number of H-pyrrole nitrogens is 1. The number of nitriles is 1. The van der Waals surface area contributed by atoms with Crippen molar-refractivity contribution in [3.05, 3.63) is 57.4 Å². The fourth-order valence-corrected chi connectivity index (χ4v) is 1.94. The van der Waals surface area contributed by atoms with E-state index in [4.69, 9.17) is 5.26 Å². The average molecular weight is 238 g/mol. The first-order chi connectivity index (χ1) is 8.65. The minimum atomic E-state index is -0.0634. The van der Waals surface area contributed by atoms with Crippen LogP contribution in [0.4, 0.5) is 0 Å². The Bertz CT molecular complexity index is 660. The highest BCUT2D eigenvalue weighted by atomic mass is 16.1. The highest BCUT2D eigenvalue weighted by Crippen LogP contribution is 2.21. The molecule has 0 aliphatic heterocycles. The van der Waals surface area contributed by atoms with Crippen molar-refractivity contribution in [2.75, 3.05) is 0 Å². The van der Waals surface area contributed by atoms with E-state index in [1.807, 2.05) is 18.2 Å². The first-order valence-corrected chi connectivity index (χ1v) is 5.89. The average Bonchev–Trinajstić information content (AvgIpc) is 2.41. The molecular formula is C15H14N2O. The summed E-state index contributed by atoms with van der Waals surface area (Å²) in [5.74, 6) is 0. The fourth-order valence-electron chi connectivity index (χ4n) is 1.94.